The number of carbonyl (C=O) groups is 1. The number of ether oxygens (including phenoxy) is 2. The van der Waals surface area contributed by atoms with Crippen LogP contribution in [0.3, 0.4) is 0 Å². The van der Waals surface area contributed by atoms with Crippen molar-refractivity contribution in [3.05, 3.63) is 71.8 Å². The van der Waals surface area contributed by atoms with Crippen LogP contribution in [0.15, 0.2) is 54.9 Å². The third-order valence-corrected chi connectivity index (χ3v) is 4.55. The molecule has 0 unspecified atom stereocenters. The van der Waals surface area contributed by atoms with Crippen LogP contribution in [-0.4, -0.2) is 27.6 Å². The Morgan fingerprint density at radius 3 is 2.65 bits per heavy atom. The number of amides is 1. The molecule has 4 rings (SSSR count). The van der Waals surface area contributed by atoms with Crippen molar-refractivity contribution < 1.29 is 18.7 Å². The first kappa shape index (κ1) is 19.8. The minimum atomic E-state index is -0.699. The van der Waals surface area contributed by atoms with Gasteiger partial charge in [0.15, 0.2) is 17.4 Å². The zero-order valence-corrected chi connectivity index (χ0v) is 16.6. The van der Waals surface area contributed by atoms with Gasteiger partial charge in [-0.25, -0.2) is 9.37 Å². The normalized spacial score (nSPS) is 10.5. The molecule has 9 heteroatoms. The van der Waals surface area contributed by atoms with Crippen LogP contribution in [0, 0.1) is 17.1 Å². The van der Waals surface area contributed by atoms with Crippen molar-refractivity contribution in [1.82, 2.24) is 14.5 Å². The fourth-order valence-corrected chi connectivity index (χ4v) is 2.93. The second kappa shape index (κ2) is 8.12. The predicted octanol–water partition coefficient (Wildman–Crippen LogP) is 4.03. The summed E-state index contributed by atoms with van der Waals surface area (Å²) < 4.78 is 26.7. The number of imidazole rings is 1. The number of nitrogens with one attached hydrogen (secondary N) is 1. The molecule has 0 aliphatic heterocycles. The van der Waals surface area contributed by atoms with Gasteiger partial charge in [-0.2, -0.15) is 10.2 Å². The van der Waals surface area contributed by atoms with E-state index in [1.807, 2.05) is 6.07 Å². The fourth-order valence-electron chi connectivity index (χ4n) is 2.93. The van der Waals surface area contributed by atoms with Gasteiger partial charge in [-0.15, -0.1) is 0 Å². The smallest absolute Gasteiger partial charge is 0.256 e. The van der Waals surface area contributed by atoms with Crippen LogP contribution in [-0.2, 0) is 7.05 Å². The SMILES string of the molecule is COc1ccc(C(=O)Nc2nc(Oc3ccc(C#N)cc3F)cc3c2ncn3C)cc1. The first-order chi connectivity index (χ1) is 15.0. The Morgan fingerprint density at radius 2 is 1.97 bits per heavy atom. The number of nitriles is 1. The van der Waals surface area contributed by atoms with Crippen LogP contribution in [0.25, 0.3) is 11.0 Å². The van der Waals surface area contributed by atoms with Crippen molar-refractivity contribution in [2.24, 2.45) is 7.05 Å². The summed E-state index contributed by atoms with van der Waals surface area (Å²) in [5, 5.41) is 11.6. The van der Waals surface area contributed by atoms with E-state index in [2.05, 4.69) is 15.3 Å². The zero-order chi connectivity index (χ0) is 22.0. The van der Waals surface area contributed by atoms with Gasteiger partial charge in [-0.05, 0) is 42.5 Å². The molecule has 0 bridgehead atoms. The number of halogens is 1. The molecule has 1 amide bonds. The van der Waals surface area contributed by atoms with Crippen molar-refractivity contribution in [1.29, 1.82) is 5.26 Å². The number of anilines is 1. The van der Waals surface area contributed by atoms with Crippen molar-refractivity contribution in [3.8, 4) is 23.4 Å². The minimum absolute atomic E-state index is 0.0599. The molecule has 2 aromatic heterocycles. The van der Waals surface area contributed by atoms with Crippen LogP contribution in [0.2, 0.25) is 0 Å². The summed E-state index contributed by atoms with van der Waals surface area (Å²) in [7, 11) is 3.31. The van der Waals surface area contributed by atoms with E-state index in [9.17, 15) is 9.18 Å². The highest BCUT2D eigenvalue weighted by molar-refractivity contribution is 6.07. The van der Waals surface area contributed by atoms with Crippen LogP contribution in [0.1, 0.15) is 15.9 Å². The maximum absolute atomic E-state index is 14.2. The fraction of sp³-hybridized carbons (Fsp3) is 0.0909. The average Bonchev–Trinajstić information content (AvgIpc) is 3.16. The van der Waals surface area contributed by atoms with Crippen LogP contribution < -0.4 is 14.8 Å². The Labute approximate surface area is 176 Å². The van der Waals surface area contributed by atoms with Gasteiger partial charge in [-0.3, -0.25) is 4.79 Å². The first-order valence-corrected chi connectivity index (χ1v) is 9.13. The van der Waals surface area contributed by atoms with E-state index >= 15 is 0 Å². The summed E-state index contributed by atoms with van der Waals surface area (Å²) in [5.74, 6) is -0.339. The number of rotatable bonds is 5. The molecule has 8 nitrogen and oxygen atoms in total. The first-order valence-electron chi connectivity index (χ1n) is 9.13. The number of nitrogens with zero attached hydrogens (tertiary/aromatic N) is 4. The molecule has 154 valence electrons. The van der Waals surface area contributed by atoms with Gasteiger partial charge in [0.1, 0.15) is 11.3 Å². The van der Waals surface area contributed by atoms with Crippen LogP contribution in [0.4, 0.5) is 10.2 Å². The number of pyridine rings is 1. The molecule has 0 radical (unpaired) electrons. The van der Waals surface area contributed by atoms with Gasteiger partial charge in [-0.1, -0.05) is 0 Å². The molecule has 0 aliphatic rings. The standard InChI is InChI=1S/C22H16FN5O3/c1-28-12-25-20-17(28)10-19(31-18-8-3-13(11-24)9-16(18)23)26-21(20)27-22(29)14-4-6-15(30-2)7-5-14/h3-10,12H,1-2H3,(H,26,27,29). The monoisotopic (exact) mass is 417 g/mol. The largest absolute Gasteiger partial charge is 0.497 e. The summed E-state index contributed by atoms with van der Waals surface area (Å²) in [6, 6.07) is 13.9. The molecule has 2 aromatic carbocycles. The molecule has 31 heavy (non-hydrogen) atoms. The van der Waals surface area contributed by atoms with Gasteiger partial charge >= 0.3 is 0 Å². The van der Waals surface area contributed by atoms with E-state index in [0.29, 0.717) is 22.3 Å². The van der Waals surface area contributed by atoms with E-state index in [1.165, 1.54) is 12.1 Å². The van der Waals surface area contributed by atoms with Gasteiger partial charge in [0, 0.05) is 18.7 Å². The highest BCUT2D eigenvalue weighted by Crippen LogP contribution is 2.29. The summed E-state index contributed by atoms with van der Waals surface area (Å²) >= 11 is 0. The van der Waals surface area contributed by atoms with Crippen molar-refractivity contribution in [2.75, 3.05) is 12.4 Å². The number of aryl methyl sites for hydroxylation is 1. The van der Waals surface area contributed by atoms with Gasteiger partial charge in [0.2, 0.25) is 5.88 Å². The molecule has 0 saturated heterocycles. The third kappa shape index (κ3) is 4.00. The maximum Gasteiger partial charge on any atom is 0.256 e. The Kier molecular flexibility index (Phi) is 5.20. The summed E-state index contributed by atoms with van der Waals surface area (Å²) in [4.78, 5) is 21.3. The molecule has 0 aliphatic carbocycles. The molecular weight excluding hydrogens is 401 g/mol. The number of methoxy groups -OCH3 is 1. The Bertz CT molecular complexity index is 1330. The maximum atomic E-state index is 14.2. The lowest BCUT2D eigenvalue weighted by atomic mass is 10.2. The summed E-state index contributed by atoms with van der Waals surface area (Å²) in [6.07, 6.45) is 1.57. The topological polar surface area (TPSA) is 102 Å². The lowest BCUT2D eigenvalue weighted by molar-refractivity contribution is 0.102. The number of fused-ring (bicyclic) bond motifs is 1. The van der Waals surface area contributed by atoms with Crippen molar-refractivity contribution >= 4 is 22.8 Å². The van der Waals surface area contributed by atoms with Crippen molar-refractivity contribution in [2.45, 2.75) is 0 Å². The van der Waals surface area contributed by atoms with Crippen molar-refractivity contribution in [3.63, 3.8) is 0 Å². The molecule has 1 N–H and O–H groups in total. The number of benzene rings is 2. The Balaban J connectivity index is 1.68. The van der Waals surface area contributed by atoms with Gasteiger partial charge in [0.25, 0.3) is 5.91 Å². The number of aromatic nitrogens is 3. The molecule has 0 spiro atoms. The molecule has 0 atom stereocenters. The predicted molar refractivity (Wildman–Crippen MR) is 111 cm³/mol. The van der Waals surface area contributed by atoms with Gasteiger partial charge < -0.3 is 19.4 Å². The molecule has 4 aromatic rings. The second-order valence-electron chi connectivity index (χ2n) is 6.57. The number of carbonyl (C=O) groups excluding carboxylic acids is 1. The van der Waals surface area contributed by atoms with E-state index in [4.69, 9.17) is 14.7 Å². The zero-order valence-electron chi connectivity index (χ0n) is 16.6. The number of hydrogen-bond acceptors (Lipinski definition) is 6. The van der Waals surface area contributed by atoms with E-state index in [0.717, 1.165) is 6.07 Å². The lowest BCUT2D eigenvalue weighted by Gasteiger charge is -2.10. The number of hydrogen-bond donors (Lipinski definition) is 1. The Morgan fingerprint density at radius 1 is 1.19 bits per heavy atom. The average molecular weight is 417 g/mol. The lowest BCUT2D eigenvalue weighted by Crippen LogP contribution is -2.13. The quantitative estimate of drug-likeness (QED) is 0.526. The third-order valence-electron chi connectivity index (χ3n) is 4.55. The molecule has 0 saturated carbocycles. The summed E-state index contributed by atoms with van der Waals surface area (Å²) in [6.45, 7) is 0. The molecule has 2 heterocycles. The van der Waals surface area contributed by atoms with Crippen LogP contribution in [0.5, 0.6) is 17.4 Å². The van der Waals surface area contributed by atoms with E-state index in [-0.39, 0.29) is 23.0 Å². The highest BCUT2D eigenvalue weighted by Gasteiger charge is 2.16. The van der Waals surface area contributed by atoms with Gasteiger partial charge in [0.05, 0.1) is 30.6 Å². The highest BCUT2D eigenvalue weighted by atomic mass is 19.1. The summed E-state index contributed by atoms with van der Waals surface area (Å²) in [5.41, 5.74) is 1.66. The Hall–Kier alpha value is -4.45. The van der Waals surface area contributed by atoms with Crippen LogP contribution >= 0.6 is 0 Å². The van der Waals surface area contributed by atoms with E-state index in [1.54, 1.807) is 55.4 Å². The molecular formula is C22H16FN5O3. The second-order valence-corrected chi connectivity index (χ2v) is 6.57. The molecule has 0 fully saturated rings. The minimum Gasteiger partial charge on any atom is -0.497 e. The van der Waals surface area contributed by atoms with E-state index < -0.39 is 11.7 Å².